The third-order valence-electron chi connectivity index (χ3n) is 5.17. The lowest BCUT2D eigenvalue weighted by Gasteiger charge is -2.34. The summed E-state index contributed by atoms with van der Waals surface area (Å²) in [6.07, 6.45) is 0.256. The van der Waals surface area contributed by atoms with Gasteiger partial charge in [-0.05, 0) is 37.6 Å². The molecule has 0 bridgehead atoms. The minimum absolute atomic E-state index is 0.0127. The number of piperazine rings is 1. The third kappa shape index (κ3) is 4.12. The summed E-state index contributed by atoms with van der Waals surface area (Å²) in [5.41, 5.74) is 0.860. The average Bonchev–Trinajstić information content (AvgIpc) is 3.07. The van der Waals surface area contributed by atoms with Crippen molar-refractivity contribution in [3.63, 3.8) is 0 Å². The topological polar surface area (TPSA) is 76.2 Å². The number of ether oxygens (including phenoxy) is 2. The number of sulfonamides is 1. The number of nitrogens with zero attached hydrogens (tertiary/aromatic N) is 2. The molecule has 0 spiro atoms. The Kier molecular flexibility index (Phi) is 5.54. The molecule has 4 rings (SSSR count). The van der Waals surface area contributed by atoms with E-state index in [0.29, 0.717) is 55.8 Å². The molecule has 0 atom stereocenters. The van der Waals surface area contributed by atoms with Crippen molar-refractivity contribution in [3.8, 4) is 11.5 Å². The second kappa shape index (κ2) is 7.97. The number of thiophene rings is 1. The molecule has 0 N–H and O–H groups in total. The Morgan fingerprint density at radius 2 is 1.72 bits per heavy atom. The predicted molar refractivity (Wildman–Crippen MR) is 110 cm³/mol. The van der Waals surface area contributed by atoms with Gasteiger partial charge in [0.2, 0.25) is 15.9 Å². The van der Waals surface area contributed by atoms with Crippen LogP contribution in [0.15, 0.2) is 29.2 Å². The first-order chi connectivity index (χ1) is 13.8. The van der Waals surface area contributed by atoms with Crippen molar-refractivity contribution in [1.82, 2.24) is 9.21 Å². The molecule has 29 heavy (non-hydrogen) atoms. The Balaban J connectivity index is 1.38. The number of carbonyl (C=O) groups is 1. The molecule has 1 aromatic carbocycles. The van der Waals surface area contributed by atoms with Gasteiger partial charge in [0.05, 0.1) is 11.3 Å². The summed E-state index contributed by atoms with van der Waals surface area (Å²) in [7, 11) is -3.51. The van der Waals surface area contributed by atoms with Crippen molar-refractivity contribution >= 4 is 27.3 Å². The highest BCUT2D eigenvalue weighted by molar-refractivity contribution is 7.89. The molecule has 2 aromatic rings. The summed E-state index contributed by atoms with van der Waals surface area (Å²) in [4.78, 5) is 16.6. The Morgan fingerprint density at radius 1 is 1.03 bits per heavy atom. The lowest BCUT2D eigenvalue weighted by Crippen LogP contribution is -2.50. The van der Waals surface area contributed by atoms with E-state index in [0.717, 1.165) is 15.3 Å². The molecule has 1 amide bonds. The zero-order valence-electron chi connectivity index (χ0n) is 16.5. The first-order valence-corrected chi connectivity index (χ1v) is 11.8. The van der Waals surface area contributed by atoms with E-state index >= 15 is 0 Å². The fraction of sp³-hybridized carbons (Fsp3) is 0.450. The molecule has 9 heteroatoms. The highest BCUT2D eigenvalue weighted by Gasteiger charge is 2.31. The van der Waals surface area contributed by atoms with Crippen LogP contribution in [-0.2, 0) is 21.2 Å². The van der Waals surface area contributed by atoms with Crippen molar-refractivity contribution in [2.75, 3.05) is 39.4 Å². The molecule has 156 valence electrons. The molecule has 1 saturated heterocycles. The van der Waals surface area contributed by atoms with Crippen molar-refractivity contribution in [2.45, 2.75) is 25.2 Å². The van der Waals surface area contributed by atoms with E-state index in [1.807, 2.05) is 32.0 Å². The van der Waals surface area contributed by atoms with E-state index in [2.05, 4.69) is 0 Å². The molecular formula is C20H24N2O5S2. The maximum absolute atomic E-state index is 12.9. The van der Waals surface area contributed by atoms with E-state index < -0.39 is 10.0 Å². The minimum atomic E-state index is -3.51. The van der Waals surface area contributed by atoms with E-state index in [1.54, 1.807) is 11.0 Å². The molecule has 2 aliphatic rings. The molecule has 0 saturated carbocycles. The minimum Gasteiger partial charge on any atom is -0.486 e. The van der Waals surface area contributed by atoms with Crippen LogP contribution < -0.4 is 9.47 Å². The lowest BCUT2D eigenvalue weighted by molar-refractivity contribution is -0.131. The SMILES string of the molecule is Cc1cc(S(=O)(=O)N2CCN(C(=O)Cc3ccc4c(c3)OCCO4)CC2)c(C)s1. The zero-order valence-corrected chi connectivity index (χ0v) is 18.1. The molecule has 0 unspecified atom stereocenters. The Bertz CT molecular complexity index is 1020. The van der Waals surface area contributed by atoms with Gasteiger partial charge in [-0.1, -0.05) is 6.07 Å². The fourth-order valence-electron chi connectivity index (χ4n) is 3.66. The van der Waals surface area contributed by atoms with Gasteiger partial charge in [-0.2, -0.15) is 4.31 Å². The van der Waals surface area contributed by atoms with Gasteiger partial charge in [-0.15, -0.1) is 11.3 Å². The molecule has 0 radical (unpaired) electrons. The van der Waals surface area contributed by atoms with Gasteiger partial charge in [0.25, 0.3) is 0 Å². The normalized spacial score (nSPS) is 17.4. The highest BCUT2D eigenvalue weighted by atomic mass is 32.2. The first-order valence-electron chi connectivity index (χ1n) is 9.58. The zero-order chi connectivity index (χ0) is 20.6. The van der Waals surface area contributed by atoms with Crippen LogP contribution in [0.1, 0.15) is 15.3 Å². The summed E-state index contributed by atoms with van der Waals surface area (Å²) < 4.78 is 38.4. The Labute approximate surface area is 174 Å². The molecular weight excluding hydrogens is 412 g/mol. The maximum atomic E-state index is 12.9. The largest absolute Gasteiger partial charge is 0.486 e. The van der Waals surface area contributed by atoms with Gasteiger partial charge in [-0.3, -0.25) is 4.79 Å². The van der Waals surface area contributed by atoms with Gasteiger partial charge in [-0.25, -0.2) is 8.42 Å². The third-order valence-corrected chi connectivity index (χ3v) is 8.29. The van der Waals surface area contributed by atoms with E-state index in [1.165, 1.54) is 15.6 Å². The van der Waals surface area contributed by atoms with Crippen LogP contribution in [-0.4, -0.2) is 62.9 Å². The van der Waals surface area contributed by atoms with Crippen LogP contribution in [0, 0.1) is 13.8 Å². The number of fused-ring (bicyclic) bond motifs is 1. The number of aryl methyl sites for hydroxylation is 2. The summed E-state index contributed by atoms with van der Waals surface area (Å²) >= 11 is 1.49. The van der Waals surface area contributed by atoms with Crippen LogP contribution in [0.5, 0.6) is 11.5 Å². The number of rotatable bonds is 4. The quantitative estimate of drug-likeness (QED) is 0.735. The summed E-state index contributed by atoms with van der Waals surface area (Å²) in [5.74, 6) is 1.35. The molecule has 0 aliphatic carbocycles. The van der Waals surface area contributed by atoms with Crippen LogP contribution in [0.25, 0.3) is 0 Å². The monoisotopic (exact) mass is 436 g/mol. The van der Waals surface area contributed by atoms with Crippen LogP contribution >= 0.6 is 11.3 Å². The van der Waals surface area contributed by atoms with Crippen LogP contribution in [0.2, 0.25) is 0 Å². The predicted octanol–water partition coefficient (Wildman–Crippen LogP) is 2.21. The van der Waals surface area contributed by atoms with Gasteiger partial charge >= 0.3 is 0 Å². The van der Waals surface area contributed by atoms with E-state index in [-0.39, 0.29) is 12.3 Å². The summed E-state index contributed by atoms with van der Waals surface area (Å²) in [5, 5.41) is 0. The molecule has 1 aromatic heterocycles. The second-order valence-corrected chi connectivity index (χ2v) is 10.6. The highest BCUT2D eigenvalue weighted by Crippen LogP contribution is 2.31. The second-order valence-electron chi connectivity index (χ2n) is 7.22. The van der Waals surface area contributed by atoms with Gasteiger partial charge in [0, 0.05) is 35.9 Å². The van der Waals surface area contributed by atoms with Crippen molar-refractivity contribution in [3.05, 3.63) is 39.6 Å². The van der Waals surface area contributed by atoms with E-state index in [9.17, 15) is 13.2 Å². The van der Waals surface area contributed by atoms with Gasteiger partial charge in [0.1, 0.15) is 13.2 Å². The van der Waals surface area contributed by atoms with Gasteiger partial charge < -0.3 is 14.4 Å². The average molecular weight is 437 g/mol. The van der Waals surface area contributed by atoms with Crippen molar-refractivity contribution in [2.24, 2.45) is 0 Å². The summed E-state index contributed by atoms with van der Waals surface area (Å²) in [6.45, 7) is 6.18. The molecule has 7 nitrogen and oxygen atoms in total. The van der Waals surface area contributed by atoms with Gasteiger partial charge in [0.15, 0.2) is 11.5 Å². The first kappa shape index (κ1) is 20.2. The van der Waals surface area contributed by atoms with Crippen LogP contribution in [0.4, 0.5) is 0 Å². The smallest absolute Gasteiger partial charge is 0.244 e. The number of carbonyl (C=O) groups excluding carboxylic acids is 1. The number of hydrogen-bond acceptors (Lipinski definition) is 6. The number of benzene rings is 1. The Hall–Kier alpha value is -2.10. The lowest BCUT2D eigenvalue weighted by atomic mass is 10.1. The van der Waals surface area contributed by atoms with E-state index in [4.69, 9.17) is 9.47 Å². The maximum Gasteiger partial charge on any atom is 0.244 e. The molecule has 2 aliphatic heterocycles. The van der Waals surface area contributed by atoms with Crippen molar-refractivity contribution in [1.29, 1.82) is 0 Å². The number of hydrogen-bond donors (Lipinski definition) is 0. The van der Waals surface area contributed by atoms with Crippen LogP contribution in [0.3, 0.4) is 0 Å². The summed E-state index contributed by atoms with van der Waals surface area (Å²) in [6, 6.07) is 7.27. The standard InChI is InChI=1S/C20H24N2O5S2/c1-14-11-19(15(2)28-14)29(24,25)22-7-5-21(6-8-22)20(23)13-16-3-4-17-18(12-16)27-10-9-26-17/h3-4,11-12H,5-10,13H2,1-2H3. The molecule has 1 fully saturated rings. The fourth-order valence-corrected chi connectivity index (χ4v) is 6.61. The Morgan fingerprint density at radius 3 is 2.38 bits per heavy atom. The number of amides is 1. The van der Waals surface area contributed by atoms with Crippen molar-refractivity contribution < 1.29 is 22.7 Å². The molecule has 3 heterocycles.